The van der Waals surface area contributed by atoms with Gasteiger partial charge in [0.1, 0.15) is 0 Å². The van der Waals surface area contributed by atoms with Crippen LogP contribution in [0.4, 0.5) is 5.69 Å². The van der Waals surface area contributed by atoms with Gasteiger partial charge in [0.05, 0.1) is 5.69 Å². The van der Waals surface area contributed by atoms with Crippen molar-refractivity contribution in [1.82, 2.24) is 20.4 Å². The number of anilines is 1. The number of nitrogens with zero attached hydrogens (tertiary/aromatic N) is 4. The maximum absolute atomic E-state index is 4.38. The van der Waals surface area contributed by atoms with Crippen molar-refractivity contribution in [3.05, 3.63) is 47.2 Å². The monoisotopic (exact) mass is 418 g/mol. The summed E-state index contributed by atoms with van der Waals surface area (Å²) in [6.07, 6.45) is 4.92. The summed E-state index contributed by atoms with van der Waals surface area (Å²) in [7, 11) is 1.83. The molecule has 0 spiro atoms. The number of halogens is 1. The summed E-state index contributed by atoms with van der Waals surface area (Å²) in [6.45, 7) is 6.00. The maximum atomic E-state index is 4.38. The van der Waals surface area contributed by atoms with E-state index in [9.17, 15) is 0 Å². The number of benzene rings is 1. The summed E-state index contributed by atoms with van der Waals surface area (Å²) in [4.78, 5) is 6.79. The minimum Gasteiger partial charge on any atom is -0.368 e. The summed E-state index contributed by atoms with van der Waals surface area (Å²) in [6, 6.07) is 10.7. The third kappa shape index (κ3) is 5.00. The molecule has 1 aromatic carbocycles. The van der Waals surface area contributed by atoms with E-state index in [1.807, 2.05) is 30.2 Å². The van der Waals surface area contributed by atoms with Crippen LogP contribution in [-0.2, 0) is 6.54 Å². The van der Waals surface area contributed by atoms with Gasteiger partial charge in [0.25, 0.3) is 0 Å². The molecule has 1 saturated heterocycles. The van der Waals surface area contributed by atoms with E-state index >= 15 is 0 Å². The van der Waals surface area contributed by atoms with Crippen molar-refractivity contribution in [2.45, 2.75) is 25.9 Å². The van der Waals surface area contributed by atoms with Gasteiger partial charge in [0, 0.05) is 56.1 Å². The molecule has 0 aliphatic carbocycles. The van der Waals surface area contributed by atoms with Crippen LogP contribution in [0.1, 0.15) is 13.3 Å². The number of rotatable bonds is 6. The summed E-state index contributed by atoms with van der Waals surface area (Å²) < 4.78 is 3.12. The minimum absolute atomic E-state index is 0.398. The van der Waals surface area contributed by atoms with Gasteiger partial charge in [0.2, 0.25) is 0 Å². The van der Waals surface area contributed by atoms with Gasteiger partial charge in [0.15, 0.2) is 5.96 Å². The fourth-order valence-electron chi connectivity index (χ4n) is 3.26. The highest BCUT2D eigenvalue weighted by molar-refractivity contribution is 9.10. The van der Waals surface area contributed by atoms with E-state index in [1.165, 1.54) is 5.69 Å². The van der Waals surface area contributed by atoms with Crippen molar-refractivity contribution >= 4 is 27.6 Å². The molecule has 1 fully saturated rings. The predicted octanol–water partition coefficient (Wildman–Crippen LogP) is 2.73. The molecule has 0 bridgehead atoms. The highest BCUT2D eigenvalue weighted by Gasteiger charge is 2.24. The number of aromatic nitrogens is 2. The molecule has 6 nitrogen and oxygen atoms in total. The lowest BCUT2D eigenvalue weighted by atomic mass is 10.2. The van der Waals surface area contributed by atoms with Crippen LogP contribution in [0.15, 0.2) is 52.2 Å². The molecular formula is C19H27BrN6. The first-order valence-corrected chi connectivity index (χ1v) is 9.89. The van der Waals surface area contributed by atoms with Crippen molar-refractivity contribution < 1.29 is 0 Å². The Balaban J connectivity index is 1.46. The molecule has 2 unspecified atom stereocenters. The summed E-state index contributed by atoms with van der Waals surface area (Å²) in [5.41, 5.74) is 1.26. The van der Waals surface area contributed by atoms with Gasteiger partial charge in [-0.05, 0) is 46.5 Å². The van der Waals surface area contributed by atoms with E-state index in [2.05, 4.69) is 72.7 Å². The molecule has 0 radical (unpaired) electrons. The first-order valence-electron chi connectivity index (χ1n) is 9.10. The molecule has 2 N–H and O–H groups in total. The largest absolute Gasteiger partial charge is 0.368 e. The maximum Gasteiger partial charge on any atom is 0.191 e. The third-order valence-corrected chi connectivity index (χ3v) is 5.29. The van der Waals surface area contributed by atoms with Gasteiger partial charge in [-0.1, -0.05) is 19.1 Å². The van der Waals surface area contributed by atoms with Crippen LogP contribution in [-0.4, -0.2) is 48.5 Å². The molecule has 0 saturated carbocycles. The lowest BCUT2D eigenvalue weighted by Gasteiger charge is -2.22. The first-order chi connectivity index (χ1) is 12.7. The van der Waals surface area contributed by atoms with Crippen molar-refractivity contribution in [2.75, 3.05) is 31.6 Å². The fourth-order valence-corrected chi connectivity index (χ4v) is 3.79. The Hall–Kier alpha value is -2.02. The number of aliphatic imine (C=N–C) groups is 1. The molecular weight excluding hydrogens is 392 g/mol. The van der Waals surface area contributed by atoms with E-state index in [-0.39, 0.29) is 0 Å². The molecule has 2 heterocycles. The van der Waals surface area contributed by atoms with Crippen LogP contribution in [0, 0.1) is 5.92 Å². The van der Waals surface area contributed by atoms with Crippen LogP contribution in [0.25, 0.3) is 0 Å². The van der Waals surface area contributed by atoms with Gasteiger partial charge in [-0.2, -0.15) is 5.10 Å². The van der Waals surface area contributed by atoms with Gasteiger partial charge >= 0.3 is 0 Å². The molecule has 3 rings (SSSR count). The molecule has 2 atom stereocenters. The van der Waals surface area contributed by atoms with Crippen LogP contribution in [0.2, 0.25) is 0 Å². The standard InChI is InChI=1S/C19H27BrN6/c1-15(13-26-10-5-9-23-26)12-22-19(21-2)24-16-8-11-25(14-16)18-7-4-3-6-17(18)20/h3-7,9-10,15-16H,8,11-14H2,1-2H3,(H2,21,22,24). The number of guanidine groups is 1. The Kier molecular flexibility index (Phi) is 6.55. The van der Waals surface area contributed by atoms with Gasteiger partial charge in [-0.25, -0.2) is 0 Å². The summed E-state index contributed by atoms with van der Waals surface area (Å²) in [5.74, 6) is 1.34. The number of nitrogens with one attached hydrogen (secondary N) is 2. The number of hydrogen-bond acceptors (Lipinski definition) is 3. The molecule has 1 aliphatic heterocycles. The lowest BCUT2D eigenvalue weighted by Crippen LogP contribution is -2.46. The second kappa shape index (κ2) is 9.07. The zero-order valence-electron chi connectivity index (χ0n) is 15.4. The molecule has 26 heavy (non-hydrogen) atoms. The van der Waals surface area contributed by atoms with Crippen molar-refractivity contribution in [2.24, 2.45) is 10.9 Å². The molecule has 1 aromatic heterocycles. The number of hydrogen-bond donors (Lipinski definition) is 2. The molecule has 2 aromatic rings. The van der Waals surface area contributed by atoms with Gasteiger partial charge in [-0.3, -0.25) is 9.67 Å². The SMILES string of the molecule is CN=C(NCC(C)Cn1cccn1)NC1CCN(c2ccccc2Br)C1. The van der Waals surface area contributed by atoms with E-state index in [1.54, 1.807) is 0 Å². The Bertz CT molecular complexity index is 715. The normalized spacial score (nSPS) is 18.8. The smallest absolute Gasteiger partial charge is 0.191 e. The molecule has 7 heteroatoms. The highest BCUT2D eigenvalue weighted by Crippen LogP contribution is 2.28. The van der Waals surface area contributed by atoms with Gasteiger partial charge < -0.3 is 15.5 Å². The van der Waals surface area contributed by atoms with Crippen LogP contribution in [0.3, 0.4) is 0 Å². The van der Waals surface area contributed by atoms with E-state index in [0.717, 1.165) is 43.0 Å². The summed E-state index contributed by atoms with van der Waals surface area (Å²) in [5, 5.41) is 11.3. The van der Waals surface area contributed by atoms with Crippen LogP contribution < -0.4 is 15.5 Å². The Morgan fingerprint density at radius 1 is 1.38 bits per heavy atom. The average molecular weight is 419 g/mol. The van der Waals surface area contributed by atoms with Crippen molar-refractivity contribution in [1.29, 1.82) is 0 Å². The molecule has 0 amide bonds. The fraction of sp³-hybridized carbons (Fsp3) is 0.474. The third-order valence-electron chi connectivity index (χ3n) is 4.62. The zero-order valence-corrected chi connectivity index (χ0v) is 17.0. The van der Waals surface area contributed by atoms with Crippen molar-refractivity contribution in [3.63, 3.8) is 0 Å². The van der Waals surface area contributed by atoms with E-state index in [4.69, 9.17) is 0 Å². The average Bonchev–Trinajstić information content (AvgIpc) is 3.31. The van der Waals surface area contributed by atoms with Crippen LogP contribution >= 0.6 is 15.9 Å². The Morgan fingerprint density at radius 2 is 2.23 bits per heavy atom. The predicted molar refractivity (Wildman–Crippen MR) is 111 cm³/mol. The Morgan fingerprint density at radius 3 is 2.96 bits per heavy atom. The van der Waals surface area contributed by atoms with Crippen molar-refractivity contribution in [3.8, 4) is 0 Å². The minimum atomic E-state index is 0.398. The first kappa shape index (κ1) is 18.8. The zero-order chi connectivity index (χ0) is 18.4. The summed E-state index contributed by atoms with van der Waals surface area (Å²) >= 11 is 3.65. The molecule has 140 valence electrons. The molecule has 1 aliphatic rings. The van der Waals surface area contributed by atoms with Gasteiger partial charge in [-0.15, -0.1) is 0 Å². The Labute approximate surface area is 163 Å². The van der Waals surface area contributed by atoms with Crippen LogP contribution in [0.5, 0.6) is 0 Å². The topological polar surface area (TPSA) is 57.5 Å². The second-order valence-corrected chi connectivity index (χ2v) is 7.67. The van der Waals surface area contributed by atoms with E-state index < -0.39 is 0 Å². The number of para-hydroxylation sites is 1. The second-order valence-electron chi connectivity index (χ2n) is 6.81. The highest BCUT2D eigenvalue weighted by atomic mass is 79.9. The lowest BCUT2D eigenvalue weighted by molar-refractivity contribution is 0.442. The quantitative estimate of drug-likeness (QED) is 0.559. The van der Waals surface area contributed by atoms with E-state index in [0.29, 0.717) is 12.0 Å².